The molecule has 0 heterocycles. The van der Waals surface area contributed by atoms with Gasteiger partial charge in [-0.25, -0.2) is 0 Å². The van der Waals surface area contributed by atoms with Crippen molar-refractivity contribution in [2.45, 2.75) is 212 Å². The summed E-state index contributed by atoms with van der Waals surface area (Å²) in [6.45, 7) is 28.1. The van der Waals surface area contributed by atoms with Crippen LogP contribution in [0.15, 0.2) is 139 Å². The Labute approximate surface area is 382 Å². The lowest BCUT2D eigenvalue weighted by atomic mass is 9.87. The van der Waals surface area contributed by atoms with Gasteiger partial charge in [0.15, 0.2) is 11.5 Å². The molecule has 62 heavy (non-hydrogen) atoms. The molecule has 3 nitrogen and oxygen atoms in total. The lowest BCUT2D eigenvalue weighted by Crippen LogP contribution is -2.22. The van der Waals surface area contributed by atoms with Gasteiger partial charge in [-0.1, -0.05) is 116 Å². The predicted molar refractivity (Wildman–Crippen MR) is 273 cm³/mol. The highest BCUT2D eigenvalue weighted by Gasteiger charge is 2.30. The molecular weight excluding hydrogens is 757 g/mol. The van der Waals surface area contributed by atoms with Crippen molar-refractivity contribution in [3.8, 4) is 0 Å². The molecule has 0 saturated carbocycles. The van der Waals surface area contributed by atoms with E-state index in [1.165, 1.54) is 82.1 Å². The predicted octanol–water partition coefficient (Wildman–Crippen LogP) is 18.3. The highest BCUT2D eigenvalue weighted by Crippen LogP contribution is 2.28. The number of Topliss-reactive ketones (excluding diaryl/α,β-unsaturated/α-hetero) is 2. The first-order valence-corrected chi connectivity index (χ1v) is 24.0. The van der Waals surface area contributed by atoms with E-state index in [1.807, 2.05) is 0 Å². The van der Waals surface area contributed by atoms with Gasteiger partial charge < -0.3 is 4.74 Å². The second kappa shape index (κ2) is 32.7. The van der Waals surface area contributed by atoms with Crippen LogP contribution in [0.2, 0.25) is 0 Å². The minimum atomic E-state index is -0.162. The molecule has 0 saturated heterocycles. The molecule has 0 spiro atoms. The van der Waals surface area contributed by atoms with Crippen molar-refractivity contribution in [2.24, 2.45) is 0 Å². The Kier molecular flexibility index (Phi) is 29.5. The zero-order valence-electron chi connectivity index (χ0n) is 42.4. The normalized spacial score (nSPS) is 16.0. The molecule has 0 fully saturated rings. The number of carbonyl (C=O) groups is 2. The molecule has 0 aromatic heterocycles. The van der Waals surface area contributed by atoms with Crippen LogP contribution in [0.5, 0.6) is 0 Å². The molecule has 0 atom stereocenters. The van der Waals surface area contributed by atoms with Crippen molar-refractivity contribution in [1.82, 2.24) is 0 Å². The van der Waals surface area contributed by atoms with Gasteiger partial charge in [-0.2, -0.15) is 0 Å². The summed E-state index contributed by atoms with van der Waals surface area (Å²) in [7, 11) is 1.45. The molecule has 0 aromatic rings. The monoisotopic (exact) mass is 847 g/mol. The zero-order valence-corrected chi connectivity index (χ0v) is 42.4. The fourth-order valence-corrected chi connectivity index (χ4v) is 7.64. The maximum atomic E-state index is 12.8. The first kappa shape index (κ1) is 56.0. The minimum absolute atomic E-state index is 0.0962. The van der Waals surface area contributed by atoms with Gasteiger partial charge in [0.2, 0.25) is 5.78 Å². The van der Waals surface area contributed by atoms with E-state index in [2.05, 4.69) is 137 Å². The van der Waals surface area contributed by atoms with Crippen molar-refractivity contribution in [1.29, 1.82) is 0 Å². The van der Waals surface area contributed by atoms with E-state index < -0.39 is 0 Å². The van der Waals surface area contributed by atoms with Gasteiger partial charge in [-0.3, -0.25) is 9.59 Å². The van der Waals surface area contributed by atoms with Crippen LogP contribution in [-0.2, 0) is 14.3 Å². The van der Waals surface area contributed by atoms with Crippen molar-refractivity contribution < 1.29 is 14.3 Å². The van der Waals surface area contributed by atoms with Gasteiger partial charge in [-0.05, 0) is 212 Å². The fourth-order valence-electron chi connectivity index (χ4n) is 7.64. The largest absolute Gasteiger partial charge is 0.492 e. The molecule has 344 valence electrons. The summed E-state index contributed by atoms with van der Waals surface area (Å²) in [5.74, 6) is -0.0774. The number of rotatable bonds is 30. The number of hydrogen-bond acceptors (Lipinski definition) is 3. The Hall–Kier alpha value is -3.98. The summed E-state index contributed by atoms with van der Waals surface area (Å²) in [6, 6.07) is 0. The van der Waals surface area contributed by atoms with E-state index in [9.17, 15) is 9.59 Å². The van der Waals surface area contributed by atoms with E-state index in [-0.39, 0.29) is 17.3 Å². The molecule has 1 aliphatic carbocycles. The number of ketones is 2. The van der Waals surface area contributed by atoms with Crippen molar-refractivity contribution >= 4 is 11.6 Å². The Morgan fingerprint density at radius 2 is 0.597 bits per heavy atom. The summed E-state index contributed by atoms with van der Waals surface area (Å²) in [4.78, 5) is 25.4. The van der Waals surface area contributed by atoms with Crippen LogP contribution in [0.3, 0.4) is 0 Å². The Bertz CT molecular complexity index is 1820. The molecular formula is C59H90O3. The Morgan fingerprint density at radius 1 is 0.355 bits per heavy atom. The maximum Gasteiger partial charge on any atom is 0.224 e. The molecule has 0 bridgehead atoms. The first-order valence-electron chi connectivity index (χ1n) is 24.0. The first-order chi connectivity index (χ1) is 29.4. The number of allylic oxidation sites excluding steroid dienone is 23. The van der Waals surface area contributed by atoms with Crippen LogP contribution in [0.4, 0.5) is 0 Å². The maximum absolute atomic E-state index is 12.8. The van der Waals surface area contributed by atoms with Gasteiger partial charge in [0.25, 0.3) is 0 Å². The second-order valence-corrected chi connectivity index (χ2v) is 18.7. The third-order valence-corrected chi connectivity index (χ3v) is 12.2. The molecule has 1 aliphatic rings. The van der Waals surface area contributed by atoms with Gasteiger partial charge in [0.05, 0.1) is 7.11 Å². The molecule has 0 N–H and O–H groups in total. The molecule has 3 heteroatoms. The SMILES string of the molecule is COC1=C(C)C(=O)C(C)=C(C/C=C(\C)CC/C=C(\C)CC/C=C(\C)CC/C=C(\C)CC/C=C(\C)CC/C=C(\C)CC/C=C(\C)CC/C=C(\C)CC/C=C(\C)CCC=C(C)C)C1=O. The fraction of sp³-hybridized carbons (Fsp3) is 0.559. The van der Waals surface area contributed by atoms with Gasteiger partial charge >= 0.3 is 0 Å². The molecule has 1 rings (SSSR count). The smallest absolute Gasteiger partial charge is 0.224 e. The van der Waals surface area contributed by atoms with E-state index in [0.717, 1.165) is 96.3 Å². The van der Waals surface area contributed by atoms with Crippen LogP contribution < -0.4 is 0 Å². The molecule has 0 aromatic carbocycles. The molecule has 0 aliphatic heterocycles. The summed E-state index contributed by atoms with van der Waals surface area (Å²) < 4.78 is 5.24. The molecule has 0 radical (unpaired) electrons. The number of hydrogen-bond donors (Lipinski definition) is 0. The Morgan fingerprint density at radius 3 is 0.839 bits per heavy atom. The van der Waals surface area contributed by atoms with E-state index in [1.54, 1.807) is 13.8 Å². The quantitative estimate of drug-likeness (QED) is 0.0534. The van der Waals surface area contributed by atoms with Crippen molar-refractivity contribution in [3.63, 3.8) is 0 Å². The van der Waals surface area contributed by atoms with Gasteiger partial charge in [0, 0.05) is 16.7 Å². The zero-order chi connectivity index (χ0) is 46.5. The Balaban J connectivity index is 2.29. The van der Waals surface area contributed by atoms with E-state index in [0.29, 0.717) is 23.1 Å². The number of ether oxygens (including phenoxy) is 1. The number of carbonyl (C=O) groups excluding carboxylic acids is 2. The summed E-state index contributed by atoms with van der Waals surface area (Å²) in [5.41, 5.74) is 16.1. The minimum Gasteiger partial charge on any atom is -0.492 e. The summed E-state index contributed by atoms with van der Waals surface area (Å²) in [5, 5.41) is 0. The van der Waals surface area contributed by atoms with Crippen molar-refractivity contribution in [2.75, 3.05) is 7.11 Å². The van der Waals surface area contributed by atoms with E-state index >= 15 is 0 Å². The van der Waals surface area contributed by atoms with Gasteiger partial charge in [0.1, 0.15) is 0 Å². The lowest BCUT2D eigenvalue weighted by molar-refractivity contribution is -0.118. The van der Waals surface area contributed by atoms with Crippen LogP contribution in [0.1, 0.15) is 212 Å². The highest BCUT2D eigenvalue weighted by molar-refractivity contribution is 6.24. The van der Waals surface area contributed by atoms with Crippen LogP contribution in [0, 0.1) is 0 Å². The third-order valence-electron chi connectivity index (χ3n) is 12.2. The number of methoxy groups -OCH3 is 1. The van der Waals surface area contributed by atoms with Crippen LogP contribution in [-0.4, -0.2) is 18.7 Å². The third kappa shape index (κ3) is 25.8. The highest BCUT2D eigenvalue weighted by atomic mass is 16.5. The topological polar surface area (TPSA) is 43.4 Å². The summed E-state index contributed by atoms with van der Waals surface area (Å²) >= 11 is 0. The summed E-state index contributed by atoms with van der Waals surface area (Å²) in [6.07, 6.45) is 44.5. The van der Waals surface area contributed by atoms with Crippen LogP contribution >= 0.6 is 0 Å². The average molecular weight is 847 g/mol. The van der Waals surface area contributed by atoms with Crippen molar-refractivity contribution in [3.05, 3.63) is 139 Å². The second-order valence-electron chi connectivity index (χ2n) is 18.7. The molecule has 0 unspecified atom stereocenters. The van der Waals surface area contributed by atoms with Gasteiger partial charge in [-0.15, -0.1) is 0 Å². The average Bonchev–Trinajstić information content (AvgIpc) is 3.20. The molecule has 0 amide bonds. The lowest BCUT2D eigenvalue weighted by Gasteiger charge is -2.18. The van der Waals surface area contributed by atoms with Crippen LogP contribution in [0.25, 0.3) is 0 Å². The van der Waals surface area contributed by atoms with E-state index in [4.69, 9.17) is 4.74 Å². The standard InChI is InChI=1S/C59H90O3/c1-44(2)24-15-25-45(3)26-16-27-46(4)28-17-29-47(5)30-18-31-48(6)32-19-33-49(7)34-20-35-50(8)36-21-37-51(9)38-22-39-52(10)40-23-41-53(11)42-43-56-54(12)57(60)55(13)59(62-14)58(56)61/h24,26,28,30,32,34,36,38,40,42H,15-23,25,27,29,31,33,35,37,39,41,43H2,1-14H3/b45-26+,46-28+,47-30+,48-32+,49-34+,50-36+,51-38+,52-40+,53-42+.